The van der Waals surface area contributed by atoms with Crippen LogP contribution >= 0.6 is 23.2 Å². The molecule has 1 heterocycles. The summed E-state index contributed by atoms with van der Waals surface area (Å²) in [6.07, 6.45) is 1.29. The minimum absolute atomic E-state index is 0.217. The molecule has 0 bridgehead atoms. The van der Waals surface area contributed by atoms with E-state index >= 15 is 0 Å². The van der Waals surface area contributed by atoms with Gasteiger partial charge in [0.2, 0.25) is 0 Å². The predicted octanol–water partition coefficient (Wildman–Crippen LogP) is 4.48. The van der Waals surface area contributed by atoms with Crippen molar-refractivity contribution in [3.8, 4) is 0 Å². The number of rotatable bonds is 3. The summed E-state index contributed by atoms with van der Waals surface area (Å²) < 4.78 is 0. The van der Waals surface area contributed by atoms with Crippen LogP contribution < -0.4 is 10.2 Å². The van der Waals surface area contributed by atoms with Crippen LogP contribution in [0.5, 0.6) is 0 Å². The van der Waals surface area contributed by atoms with Gasteiger partial charge in [0.1, 0.15) is 5.70 Å². The summed E-state index contributed by atoms with van der Waals surface area (Å²) in [5, 5.41) is 4.20. The van der Waals surface area contributed by atoms with Gasteiger partial charge in [-0.1, -0.05) is 23.2 Å². The lowest BCUT2D eigenvalue weighted by Gasteiger charge is -2.16. The van der Waals surface area contributed by atoms with Gasteiger partial charge in [-0.05, 0) is 61.4 Å². The maximum atomic E-state index is 12.6. The Labute approximate surface area is 149 Å². The van der Waals surface area contributed by atoms with Crippen molar-refractivity contribution in [3.63, 3.8) is 0 Å². The molecule has 3 rings (SSSR count). The lowest BCUT2D eigenvalue weighted by molar-refractivity contribution is -0.120. The van der Waals surface area contributed by atoms with Gasteiger partial charge in [-0.15, -0.1) is 0 Å². The average Bonchev–Trinajstić information content (AvgIpc) is 2.80. The Bertz CT molecular complexity index is 891. The number of anilines is 2. The van der Waals surface area contributed by atoms with E-state index in [2.05, 4.69) is 5.32 Å². The van der Waals surface area contributed by atoms with E-state index < -0.39 is 11.8 Å². The largest absolute Gasteiger partial charge is 0.351 e. The van der Waals surface area contributed by atoms with Gasteiger partial charge < -0.3 is 5.32 Å². The highest BCUT2D eigenvalue weighted by atomic mass is 35.5. The molecular formula is C18H14Cl2N2O2. The second-order valence-electron chi connectivity index (χ2n) is 5.56. The van der Waals surface area contributed by atoms with Crippen molar-refractivity contribution in [3.05, 3.63) is 69.3 Å². The highest BCUT2D eigenvalue weighted by Gasteiger charge is 2.32. The number of aryl methyl sites for hydroxylation is 2. The molecular weight excluding hydrogens is 347 g/mol. The topological polar surface area (TPSA) is 49.4 Å². The minimum atomic E-state index is -0.408. The van der Waals surface area contributed by atoms with Crippen LogP contribution in [0.2, 0.25) is 10.0 Å². The summed E-state index contributed by atoms with van der Waals surface area (Å²) in [7, 11) is 0. The SMILES string of the molecule is Cc1cc(NC2=CC(=O)N(c3ccc(Cl)c(C)c3)C2=O)ccc1Cl. The lowest BCUT2D eigenvalue weighted by Crippen LogP contribution is -2.32. The van der Waals surface area contributed by atoms with Crippen molar-refractivity contribution < 1.29 is 9.59 Å². The van der Waals surface area contributed by atoms with Crippen LogP contribution in [0.3, 0.4) is 0 Å². The van der Waals surface area contributed by atoms with Crippen molar-refractivity contribution in [2.75, 3.05) is 10.2 Å². The van der Waals surface area contributed by atoms with Crippen LogP contribution in [0.1, 0.15) is 11.1 Å². The Morgan fingerprint density at radius 3 is 2.17 bits per heavy atom. The van der Waals surface area contributed by atoms with Gasteiger partial charge in [0.05, 0.1) is 5.69 Å². The van der Waals surface area contributed by atoms with Gasteiger partial charge >= 0.3 is 0 Å². The van der Waals surface area contributed by atoms with E-state index in [1.54, 1.807) is 30.3 Å². The number of hydrogen-bond donors (Lipinski definition) is 1. The van der Waals surface area contributed by atoms with Gasteiger partial charge in [0.15, 0.2) is 0 Å². The molecule has 2 aromatic carbocycles. The quantitative estimate of drug-likeness (QED) is 0.820. The van der Waals surface area contributed by atoms with Crippen LogP contribution in [-0.4, -0.2) is 11.8 Å². The van der Waals surface area contributed by atoms with E-state index in [1.165, 1.54) is 6.08 Å². The van der Waals surface area contributed by atoms with E-state index in [0.29, 0.717) is 21.4 Å². The van der Waals surface area contributed by atoms with Crippen molar-refractivity contribution in [1.82, 2.24) is 0 Å². The maximum absolute atomic E-state index is 12.6. The fraction of sp³-hybridized carbons (Fsp3) is 0.111. The van der Waals surface area contributed by atoms with Crippen molar-refractivity contribution in [2.24, 2.45) is 0 Å². The van der Waals surface area contributed by atoms with Crippen molar-refractivity contribution in [1.29, 1.82) is 0 Å². The van der Waals surface area contributed by atoms with E-state index in [0.717, 1.165) is 16.0 Å². The van der Waals surface area contributed by atoms with Crippen LogP contribution in [0.25, 0.3) is 0 Å². The molecule has 4 nitrogen and oxygen atoms in total. The molecule has 1 N–H and O–H groups in total. The van der Waals surface area contributed by atoms with Crippen molar-refractivity contribution >= 4 is 46.4 Å². The normalized spacial score (nSPS) is 14.2. The molecule has 1 aliphatic rings. The molecule has 0 atom stereocenters. The first-order chi connectivity index (χ1) is 11.4. The zero-order valence-electron chi connectivity index (χ0n) is 13.1. The number of benzene rings is 2. The summed E-state index contributed by atoms with van der Waals surface area (Å²) in [5.41, 5.74) is 3.08. The number of carbonyl (C=O) groups excluding carboxylic acids is 2. The first-order valence-electron chi connectivity index (χ1n) is 7.26. The summed E-state index contributed by atoms with van der Waals surface area (Å²) in [6.45, 7) is 3.69. The van der Waals surface area contributed by atoms with Gasteiger partial charge in [-0.3, -0.25) is 9.59 Å². The molecule has 0 saturated heterocycles. The molecule has 122 valence electrons. The van der Waals surface area contributed by atoms with Gasteiger partial charge in [-0.25, -0.2) is 4.90 Å². The number of nitrogens with one attached hydrogen (secondary N) is 1. The molecule has 0 saturated carbocycles. The Morgan fingerprint density at radius 1 is 0.917 bits per heavy atom. The summed E-state index contributed by atoms with van der Waals surface area (Å²) in [4.78, 5) is 25.9. The van der Waals surface area contributed by atoms with Crippen LogP contribution in [-0.2, 0) is 9.59 Å². The Kier molecular flexibility index (Phi) is 4.35. The lowest BCUT2D eigenvalue weighted by atomic mass is 10.2. The number of carbonyl (C=O) groups is 2. The average molecular weight is 361 g/mol. The number of imide groups is 1. The third kappa shape index (κ3) is 3.03. The van der Waals surface area contributed by atoms with Crippen molar-refractivity contribution in [2.45, 2.75) is 13.8 Å². The fourth-order valence-electron chi connectivity index (χ4n) is 2.45. The molecule has 0 fully saturated rings. The van der Waals surface area contributed by atoms with E-state index in [1.807, 2.05) is 19.9 Å². The zero-order valence-corrected chi connectivity index (χ0v) is 14.6. The molecule has 2 aromatic rings. The van der Waals surface area contributed by atoms with Crippen LogP contribution in [0.4, 0.5) is 11.4 Å². The molecule has 0 aliphatic carbocycles. The van der Waals surface area contributed by atoms with E-state index in [-0.39, 0.29) is 5.70 Å². The second-order valence-corrected chi connectivity index (χ2v) is 6.37. The Balaban J connectivity index is 1.86. The summed E-state index contributed by atoms with van der Waals surface area (Å²) in [5.74, 6) is -0.802. The predicted molar refractivity (Wildman–Crippen MR) is 96.6 cm³/mol. The molecule has 0 aromatic heterocycles. The highest BCUT2D eigenvalue weighted by Crippen LogP contribution is 2.28. The first kappa shape index (κ1) is 16.6. The molecule has 2 amide bonds. The summed E-state index contributed by atoms with van der Waals surface area (Å²) in [6, 6.07) is 10.3. The Hall–Kier alpha value is -2.30. The number of halogens is 2. The smallest absolute Gasteiger partial charge is 0.281 e. The molecule has 6 heteroatoms. The third-order valence-electron chi connectivity index (χ3n) is 3.76. The second kappa shape index (κ2) is 6.30. The Morgan fingerprint density at radius 2 is 1.54 bits per heavy atom. The molecule has 1 aliphatic heterocycles. The van der Waals surface area contributed by atoms with Gasteiger partial charge in [0.25, 0.3) is 11.8 Å². The zero-order chi connectivity index (χ0) is 17.4. The standard InChI is InChI=1S/C18H14Cl2N2O2/c1-10-7-12(3-5-14(10)19)21-16-9-17(23)22(18(16)24)13-4-6-15(20)11(2)8-13/h3-9,21H,1-2H3. The number of nitrogens with zero attached hydrogens (tertiary/aromatic N) is 1. The van der Waals surface area contributed by atoms with Crippen LogP contribution in [0.15, 0.2) is 48.2 Å². The summed E-state index contributed by atoms with van der Waals surface area (Å²) >= 11 is 12.0. The molecule has 24 heavy (non-hydrogen) atoms. The first-order valence-corrected chi connectivity index (χ1v) is 8.02. The van der Waals surface area contributed by atoms with E-state index in [4.69, 9.17) is 23.2 Å². The maximum Gasteiger partial charge on any atom is 0.281 e. The molecule has 0 radical (unpaired) electrons. The van der Waals surface area contributed by atoms with E-state index in [9.17, 15) is 9.59 Å². The van der Waals surface area contributed by atoms with Gasteiger partial charge in [-0.2, -0.15) is 0 Å². The highest BCUT2D eigenvalue weighted by molar-refractivity contribution is 6.33. The minimum Gasteiger partial charge on any atom is -0.351 e. The fourth-order valence-corrected chi connectivity index (χ4v) is 2.69. The molecule has 0 unspecified atom stereocenters. The third-order valence-corrected chi connectivity index (χ3v) is 4.61. The number of hydrogen-bond acceptors (Lipinski definition) is 3. The monoisotopic (exact) mass is 360 g/mol. The van der Waals surface area contributed by atoms with Gasteiger partial charge in [0, 0.05) is 21.8 Å². The van der Waals surface area contributed by atoms with Crippen LogP contribution in [0, 0.1) is 13.8 Å². The number of amides is 2. The molecule has 0 spiro atoms.